The van der Waals surface area contributed by atoms with Gasteiger partial charge >= 0.3 is 21.7 Å². The van der Waals surface area contributed by atoms with Gasteiger partial charge in [0.2, 0.25) is 0 Å². The lowest BCUT2D eigenvalue weighted by Gasteiger charge is -2.29. The van der Waals surface area contributed by atoms with Gasteiger partial charge in [0.1, 0.15) is 5.75 Å². The minimum Gasteiger partial charge on any atom is -0.493 e. The molecule has 4 aromatic rings. The van der Waals surface area contributed by atoms with Crippen molar-refractivity contribution in [3.8, 4) is 5.75 Å². The summed E-state index contributed by atoms with van der Waals surface area (Å²) in [6.45, 7) is 0.982. The third kappa shape index (κ3) is 9.38. The quantitative estimate of drug-likeness (QED) is 0.114. The van der Waals surface area contributed by atoms with Crippen LogP contribution in [0.15, 0.2) is 103 Å². The van der Waals surface area contributed by atoms with E-state index in [0.29, 0.717) is 25.1 Å². The van der Waals surface area contributed by atoms with Crippen molar-refractivity contribution in [2.75, 3.05) is 24.4 Å². The van der Waals surface area contributed by atoms with Crippen molar-refractivity contribution >= 4 is 27.3 Å². The number of nitrogens with zero attached hydrogens (tertiary/aromatic N) is 1. The first kappa shape index (κ1) is 34.1. The lowest BCUT2D eigenvalue weighted by molar-refractivity contribution is -0.137. The van der Waals surface area contributed by atoms with Crippen LogP contribution in [-0.2, 0) is 22.7 Å². The van der Waals surface area contributed by atoms with Gasteiger partial charge in [-0.2, -0.15) is 34.8 Å². The number of benzene rings is 4. The number of hydrogen-bond acceptors (Lipinski definition) is 4. The van der Waals surface area contributed by atoms with Gasteiger partial charge in [0.15, 0.2) is 0 Å². The highest BCUT2D eigenvalue weighted by Crippen LogP contribution is 2.37. The molecule has 0 aliphatic rings. The average molecular weight is 671 g/mol. The standard InChI is InChI=1S/C32H29ClF6N2O3S/c33-30-25(14-7-17-29(30)31(34,35)36)21-41(22-28(23-10-3-1-4-11-23)24-12-5-2-6-13-24)18-9-19-44-27-16-8-15-26(20-27)40-45(42,43)32(37,38)39/h1-8,10-17,20,28,40H,9,18-19,21-22H2. The molecule has 0 aliphatic carbocycles. The van der Waals surface area contributed by atoms with Crippen molar-refractivity contribution in [2.45, 2.75) is 30.6 Å². The summed E-state index contributed by atoms with van der Waals surface area (Å²) in [6, 6.07) is 28.3. The zero-order chi connectivity index (χ0) is 32.7. The molecular weight excluding hydrogens is 642 g/mol. The normalized spacial score (nSPS) is 12.5. The van der Waals surface area contributed by atoms with E-state index in [-0.39, 0.29) is 35.5 Å². The van der Waals surface area contributed by atoms with Crippen LogP contribution in [0.1, 0.15) is 34.6 Å². The monoisotopic (exact) mass is 670 g/mol. The Morgan fingerprint density at radius 1 is 0.800 bits per heavy atom. The Hall–Kier alpha value is -3.74. The van der Waals surface area contributed by atoms with Gasteiger partial charge in [-0.3, -0.25) is 9.62 Å². The van der Waals surface area contributed by atoms with Gasteiger partial charge in [0.25, 0.3) is 0 Å². The van der Waals surface area contributed by atoms with E-state index in [1.54, 1.807) is 6.07 Å². The molecule has 0 aromatic heterocycles. The predicted octanol–water partition coefficient (Wildman–Crippen LogP) is 8.72. The highest BCUT2D eigenvalue weighted by Gasteiger charge is 2.46. The van der Waals surface area contributed by atoms with Gasteiger partial charge in [-0.15, -0.1) is 0 Å². The molecule has 0 aliphatic heterocycles. The Kier molecular flexibility index (Phi) is 11.1. The van der Waals surface area contributed by atoms with E-state index in [1.165, 1.54) is 22.9 Å². The van der Waals surface area contributed by atoms with E-state index >= 15 is 0 Å². The Morgan fingerprint density at radius 3 is 1.98 bits per heavy atom. The van der Waals surface area contributed by atoms with Crippen molar-refractivity contribution in [3.05, 3.63) is 130 Å². The van der Waals surface area contributed by atoms with Crippen LogP contribution in [-0.4, -0.2) is 38.5 Å². The molecule has 1 N–H and O–H groups in total. The molecule has 13 heteroatoms. The molecule has 0 fully saturated rings. The summed E-state index contributed by atoms with van der Waals surface area (Å²) in [5, 5.41) is -0.375. The maximum atomic E-state index is 13.6. The Labute approximate surface area is 262 Å². The van der Waals surface area contributed by atoms with Gasteiger partial charge in [0.05, 0.1) is 22.9 Å². The van der Waals surface area contributed by atoms with Gasteiger partial charge in [-0.1, -0.05) is 90.5 Å². The van der Waals surface area contributed by atoms with Gasteiger partial charge in [-0.05, 0) is 41.3 Å². The SMILES string of the molecule is O=S(=O)(Nc1cccc(OCCCN(Cc2cccc(C(F)(F)F)c2Cl)CC(c2ccccc2)c2ccccc2)c1)C(F)(F)F. The van der Waals surface area contributed by atoms with E-state index in [0.717, 1.165) is 29.3 Å². The number of hydrogen-bond donors (Lipinski definition) is 1. The molecular formula is C32H29ClF6N2O3S. The fourth-order valence-electron chi connectivity index (χ4n) is 4.77. The summed E-state index contributed by atoms with van der Waals surface area (Å²) in [7, 11) is -5.60. The van der Waals surface area contributed by atoms with Crippen LogP contribution in [0.4, 0.5) is 32.0 Å². The van der Waals surface area contributed by atoms with Crippen LogP contribution in [0.25, 0.3) is 0 Å². The molecule has 0 amide bonds. The molecule has 5 nitrogen and oxygen atoms in total. The third-order valence-corrected chi connectivity index (χ3v) is 8.46. The van der Waals surface area contributed by atoms with Crippen LogP contribution in [0.2, 0.25) is 5.02 Å². The zero-order valence-corrected chi connectivity index (χ0v) is 25.2. The lowest BCUT2D eigenvalue weighted by Crippen LogP contribution is -2.31. The van der Waals surface area contributed by atoms with Crippen LogP contribution in [0.3, 0.4) is 0 Å². The van der Waals surface area contributed by atoms with E-state index in [2.05, 4.69) is 0 Å². The topological polar surface area (TPSA) is 58.6 Å². The highest BCUT2D eigenvalue weighted by atomic mass is 35.5. The average Bonchev–Trinajstić information content (AvgIpc) is 2.98. The number of nitrogens with one attached hydrogen (secondary N) is 1. The second-order valence-corrected chi connectivity index (χ2v) is 12.2. The molecule has 4 rings (SSSR count). The summed E-state index contributed by atoms with van der Waals surface area (Å²) in [5.41, 5.74) is -4.39. The fraction of sp³-hybridized carbons (Fsp3) is 0.250. The van der Waals surface area contributed by atoms with Gasteiger partial charge in [0, 0.05) is 31.6 Å². The molecule has 0 saturated heterocycles. The molecule has 0 bridgehead atoms. The van der Waals surface area contributed by atoms with Crippen molar-refractivity contribution in [1.29, 1.82) is 0 Å². The summed E-state index contributed by atoms with van der Waals surface area (Å²) >= 11 is 6.25. The van der Waals surface area contributed by atoms with Crippen LogP contribution >= 0.6 is 11.6 Å². The summed E-state index contributed by atoms with van der Waals surface area (Å²) in [6.07, 6.45) is -4.24. The molecule has 0 unspecified atom stereocenters. The molecule has 0 atom stereocenters. The highest BCUT2D eigenvalue weighted by molar-refractivity contribution is 7.93. The summed E-state index contributed by atoms with van der Waals surface area (Å²) < 4.78 is 109. The molecule has 0 radical (unpaired) electrons. The maximum absolute atomic E-state index is 13.6. The van der Waals surface area contributed by atoms with Crippen molar-refractivity contribution in [2.24, 2.45) is 0 Å². The van der Waals surface area contributed by atoms with E-state index < -0.39 is 27.3 Å². The van der Waals surface area contributed by atoms with Gasteiger partial charge < -0.3 is 4.74 Å². The van der Waals surface area contributed by atoms with E-state index in [9.17, 15) is 34.8 Å². The minimum absolute atomic E-state index is 0.0869. The molecule has 4 aromatic carbocycles. The zero-order valence-electron chi connectivity index (χ0n) is 23.7. The molecule has 45 heavy (non-hydrogen) atoms. The Morgan fingerprint density at radius 2 is 1.40 bits per heavy atom. The second-order valence-electron chi connectivity index (χ2n) is 10.2. The molecule has 240 valence electrons. The Balaban J connectivity index is 1.53. The van der Waals surface area contributed by atoms with Crippen LogP contribution in [0.5, 0.6) is 5.75 Å². The number of halogens is 7. The van der Waals surface area contributed by atoms with E-state index in [1.807, 2.05) is 65.6 Å². The minimum atomic E-state index is -5.60. The van der Waals surface area contributed by atoms with Crippen LogP contribution in [0, 0.1) is 0 Å². The second kappa shape index (κ2) is 14.6. The number of anilines is 1. The number of alkyl halides is 6. The third-order valence-electron chi connectivity index (χ3n) is 6.90. The van der Waals surface area contributed by atoms with E-state index in [4.69, 9.17) is 16.3 Å². The number of ether oxygens (including phenoxy) is 1. The summed E-state index contributed by atoms with van der Waals surface area (Å²) in [4.78, 5) is 1.98. The summed E-state index contributed by atoms with van der Waals surface area (Å²) in [5.74, 6) is 0.00697. The first-order chi connectivity index (χ1) is 21.2. The molecule has 0 saturated carbocycles. The molecule has 0 spiro atoms. The van der Waals surface area contributed by atoms with Crippen molar-refractivity contribution in [1.82, 2.24) is 4.90 Å². The Bertz CT molecular complexity index is 1610. The fourth-order valence-corrected chi connectivity index (χ4v) is 5.62. The molecule has 0 heterocycles. The largest absolute Gasteiger partial charge is 0.516 e. The first-order valence-corrected chi connectivity index (χ1v) is 15.6. The maximum Gasteiger partial charge on any atom is 0.516 e. The van der Waals surface area contributed by atoms with Crippen molar-refractivity contribution in [3.63, 3.8) is 0 Å². The van der Waals surface area contributed by atoms with Gasteiger partial charge in [-0.25, -0.2) is 0 Å². The van der Waals surface area contributed by atoms with Crippen molar-refractivity contribution < 1.29 is 39.5 Å². The van der Waals surface area contributed by atoms with Crippen LogP contribution < -0.4 is 9.46 Å². The lowest BCUT2D eigenvalue weighted by atomic mass is 9.90. The predicted molar refractivity (Wildman–Crippen MR) is 162 cm³/mol. The number of sulfonamides is 1. The smallest absolute Gasteiger partial charge is 0.493 e. The number of rotatable bonds is 13. The first-order valence-electron chi connectivity index (χ1n) is 13.7.